The van der Waals surface area contributed by atoms with E-state index in [1.54, 1.807) is 24.3 Å². The third-order valence-electron chi connectivity index (χ3n) is 1.96. The Bertz CT molecular complexity index is 392. The smallest absolute Gasteiger partial charge is 0.339 e. The normalized spacial score (nSPS) is 9.71. The van der Waals surface area contributed by atoms with Gasteiger partial charge in [-0.25, -0.2) is 4.79 Å². The Morgan fingerprint density at radius 1 is 1.35 bits per heavy atom. The zero-order chi connectivity index (χ0) is 12.7. The molecule has 0 atom stereocenters. The quantitative estimate of drug-likeness (QED) is 0.337. The molecule has 1 rings (SSSR count). The minimum absolute atomic E-state index is 0.0154. The second kappa shape index (κ2) is 6.70. The number of alkyl halides is 1. The van der Waals surface area contributed by atoms with Crippen molar-refractivity contribution in [2.45, 2.75) is 6.42 Å². The molecule has 92 valence electrons. The maximum absolute atomic E-state index is 11.2. The van der Waals surface area contributed by atoms with Gasteiger partial charge in [0, 0.05) is 0 Å². The molecule has 6 nitrogen and oxygen atoms in total. The van der Waals surface area contributed by atoms with Gasteiger partial charge in [0.05, 0.1) is 5.56 Å². The molecule has 0 radical (unpaired) electrons. The molecule has 0 spiro atoms. The van der Waals surface area contributed by atoms with Crippen molar-refractivity contribution in [2.75, 3.05) is 12.7 Å². The highest BCUT2D eigenvalue weighted by Crippen LogP contribution is 2.07. The van der Waals surface area contributed by atoms with Gasteiger partial charge in [-0.05, 0) is 24.1 Å². The molecule has 0 aliphatic carbocycles. The first-order chi connectivity index (χ1) is 8.13. The molecule has 1 aromatic carbocycles. The van der Waals surface area contributed by atoms with Crippen LogP contribution in [-0.4, -0.2) is 23.7 Å². The van der Waals surface area contributed by atoms with E-state index >= 15 is 0 Å². The lowest BCUT2D eigenvalue weighted by molar-refractivity contribution is -0.757. The Morgan fingerprint density at radius 2 is 2.00 bits per heavy atom. The fourth-order valence-corrected chi connectivity index (χ4v) is 1.28. The molecular formula is C10H10ClNO5. The average Bonchev–Trinajstić information content (AvgIpc) is 2.30. The number of halogens is 1. The molecule has 0 saturated carbocycles. The standard InChI is InChI=1S/C10H10ClNO5/c11-7-16-10(13)9-3-1-8(2-4-9)5-6-17-12(14)15/h1-4H,5-7H2. The van der Waals surface area contributed by atoms with Crippen LogP contribution in [0.25, 0.3) is 0 Å². The van der Waals surface area contributed by atoms with E-state index in [1.165, 1.54) is 0 Å². The molecule has 0 bridgehead atoms. The molecule has 0 N–H and O–H groups in total. The van der Waals surface area contributed by atoms with Crippen molar-refractivity contribution in [3.8, 4) is 0 Å². The third-order valence-corrected chi connectivity index (χ3v) is 2.07. The summed E-state index contributed by atoms with van der Waals surface area (Å²) in [5.41, 5.74) is 1.21. The van der Waals surface area contributed by atoms with Crippen molar-refractivity contribution in [1.29, 1.82) is 0 Å². The summed E-state index contributed by atoms with van der Waals surface area (Å²) >= 11 is 5.25. The Kier molecular flexibility index (Phi) is 5.22. The second-order valence-electron chi connectivity index (χ2n) is 3.04. The maximum atomic E-state index is 11.2. The zero-order valence-electron chi connectivity index (χ0n) is 8.80. The minimum atomic E-state index is -0.841. The van der Waals surface area contributed by atoms with E-state index < -0.39 is 11.1 Å². The lowest BCUT2D eigenvalue weighted by Crippen LogP contribution is -2.06. The number of carbonyl (C=O) groups is 1. The first-order valence-corrected chi connectivity index (χ1v) is 5.26. The largest absolute Gasteiger partial charge is 0.446 e. The van der Waals surface area contributed by atoms with Crippen LogP contribution in [0.1, 0.15) is 15.9 Å². The highest BCUT2D eigenvalue weighted by Gasteiger charge is 2.06. The summed E-state index contributed by atoms with van der Waals surface area (Å²) in [4.78, 5) is 25.3. The van der Waals surface area contributed by atoms with Crippen molar-refractivity contribution in [3.05, 3.63) is 45.5 Å². The second-order valence-corrected chi connectivity index (χ2v) is 3.26. The molecule has 0 aliphatic heterocycles. The van der Waals surface area contributed by atoms with Crippen molar-refractivity contribution in [2.24, 2.45) is 0 Å². The van der Waals surface area contributed by atoms with Gasteiger partial charge in [0.1, 0.15) is 6.61 Å². The van der Waals surface area contributed by atoms with Crippen LogP contribution in [-0.2, 0) is 16.0 Å². The topological polar surface area (TPSA) is 78.7 Å². The van der Waals surface area contributed by atoms with Crippen molar-refractivity contribution in [3.63, 3.8) is 0 Å². The van der Waals surface area contributed by atoms with E-state index in [-0.39, 0.29) is 12.7 Å². The Balaban J connectivity index is 2.50. The van der Waals surface area contributed by atoms with Crippen LogP contribution in [0.5, 0.6) is 0 Å². The monoisotopic (exact) mass is 259 g/mol. The van der Waals surface area contributed by atoms with E-state index in [2.05, 4.69) is 9.57 Å². The maximum Gasteiger partial charge on any atom is 0.339 e. The van der Waals surface area contributed by atoms with Gasteiger partial charge in [-0.3, -0.25) is 0 Å². The van der Waals surface area contributed by atoms with Crippen LogP contribution >= 0.6 is 11.6 Å². The summed E-state index contributed by atoms with van der Waals surface area (Å²) in [5, 5.41) is 9.07. The highest BCUT2D eigenvalue weighted by atomic mass is 35.5. The predicted molar refractivity (Wildman–Crippen MR) is 59.2 cm³/mol. The molecule has 0 aliphatic rings. The van der Waals surface area contributed by atoms with Crippen molar-refractivity contribution < 1.29 is 19.5 Å². The lowest BCUT2D eigenvalue weighted by Gasteiger charge is -2.03. The SMILES string of the molecule is O=C(OCCl)c1ccc(CCO[N+](=O)[O-])cc1. The molecule has 17 heavy (non-hydrogen) atoms. The first-order valence-electron chi connectivity index (χ1n) is 4.73. The van der Waals surface area contributed by atoms with Crippen LogP contribution in [0.2, 0.25) is 0 Å². The third kappa shape index (κ3) is 4.69. The van der Waals surface area contributed by atoms with E-state index in [1.807, 2.05) is 0 Å². The van der Waals surface area contributed by atoms with Gasteiger partial charge in [0.25, 0.3) is 5.09 Å². The number of nitrogens with zero attached hydrogens (tertiary/aromatic N) is 1. The molecular weight excluding hydrogens is 250 g/mol. The lowest BCUT2D eigenvalue weighted by atomic mass is 10.1. The summed E-state index contributed by atoms with van der Waals surface area (Å²) in [5.74, 6) is -0.506. The van der Waals surface area contributed by atoms with Crippen molar-refractivity contribution >= 4 is 17.6 Å². The molecule has 0 aromatic heterocycles. The van der Waals surface area contributed by atoms with Gasteiger partial charge in [-0.1, -0.05) is 23.7 Å². The van der Waals surface area contributed by atoms with Gasteiger partial charge >= 0.3 is 5.97 Å². The van der Waals surface area contributed by atoms with E-state index in [0.29, 0.717) is 12.0 Å². The first kappa shape index (κ1) is 13.2. The Morgan fingerprint density at radius 3 is 2.53 bits per heavy atom. The molecule has 0 unspecified atom stereocenters. The number of ether oxygens (including phenoxy) is 1. The van der Waals surface area contributed by atoms with Gasteiger partial charge in [-0.15, -0.1) is 10.1 Å². The number of benzene rings is 1. The van der Waals surface area contributed by atoms with Gasteiger partial charge in [0.15, 0.2) is 6.07 Å². The fraction of sp³-hybridized carbons (Fsp3) is 0.300. The summed E-state index contributed by atoms with van der Waals surface area (Å²) in [7, 11) is 0. The van der Waals surface area contributed by atoms with Crippen LogP contribution in [0.4, 0.5) is 0 Å². The summed E-state index contributed by atoms with van der Waals surface area (Å²) in [6.45, 7) is -0.0154. The van der Waals surface area contributed by atoms with E-state index in [9.17, 15) is 14.9 Å². The zero-order valence-corrected chi connectivity index (χ0v) is 9.55. The Hall–Kier alpha value is -1.82. The summed E-state index contributed by atoms with van der Waals surface area (Å²) in [6, 6.07) is 6.28. The van der Waals surface area contributed by atoms with Gasteiger partial charge < -0.3 is 9.57 Å². The fourth-order valence-electron chi connectivity index (χ4n) is 1.18. The van der Waals surface area contributed by atoms with Gasteiger partial charge in [-0.2, -0.15) is 0 Å². The molecule has 0 amide bonds. The highest BCUT2D eigenvalue weighted by molar-refractivity contribution is 6.17. The summed E-state index contributed by atoms with van der Waals surface area (Å²) < 4.78 is 4.59. The Labute approximate surface area is 102 Å². The predicted octanol–water partition coefficient (Wildman–Crippen LogP) is 1.79. The molecule has 7 heteroatoms. The minimum Gasteiger partial charge on any atom is -0.446 e. The number of esters is 1. The van der Waals surface area contributed by atoms with Crippen LogP contribution in [0.15, 0.2) is 24.3 Å². The molecule has 0 fully saturated rings. The molecule has 1 aromatic rings. The van der Waals surface area contributed by atoms with Crippen molar-refractivity contribution in [1.82, 2.24) is 0 Å². The summed E-state index contributed by atoms with van der Waals surface area (Å²) in [6.07, 6.45) is 0.395. The number of hydrogen-bond donors (Lipinski definition) is 0. The van der Waals surface area contributed by atoms with Crippen LogP contribution < -0.4 is 0 Å². The molecule has 0 saturated heterocycles. The average molecular weight is 260 g/mol. The van der Waals surface area contributed by atoms with E-state index in [4.69, 9.17) is 11.6 Å². The molecule has 0 heterocycles. The van der Waals surface area contributed by atoms with Crippen LogP contribution in [0.3, 0.4) is 0 Å². The number of rotatable bonds is 6. The van der Waals surface area contributed by atoms with E-state index in [0.717, 1.165) is 5.56 Å². The van der Waals surface area contributed by atoms with Gasteiger partial charge in [0.2, 0.25) is 0 Å². The van der Waals surface area contributed by atoms with Crippen LogP contribution in [0, 0.1) is 10.1 Å². The number of carbonyl (C=O) groups excluding carboxylic acids is 1. The number of hydrogen-bond acceptors (Lipinski definition) is 5.